The molecule has 0 atom stereocenters. The summed E-state index contributed by atoms with van der Waals surface area (Å²) in [5, 5.41) is 2.73. The van der Waals surface area contributed by atoms with Crippen molar-refractivity contribution in [3.8, 4) is 0 Å². The van der Waals surface area contributed by atoms with Gasteiger partial charge in [-0.15, -0.1) is 0 Å². The van der Waals surface area contributed by atoms with Crippen LogP contribution in [0, 0.1) is 5.82 Å². The number of carbonyl (C=O) groups is 1. The van der Waals surface area contributed by atoms with Crippen LogP contribution in [-0.4, -0.2) is 39.4 Å². The van der Waals surface area contributed by atoms with Crippen molar-refractivity contribution in [1.29, 1.82) is 0 Å². The van der Waals surface area contributed by atoms with Gasteiger partial charge in [0, 0.05) is 12.3 Å². The van der Waals surface area contributed by atoms with Crippen LogP contribution in [0.2, 0.25) is 0 Å². The van der Waals surface area contributed by atoms with E-state index >= 15 is 0 Å². The molecule has 0 radical (unpaired) electrons. The molecule has 0 unspecified atom stereocenters. The second-order valence-corrected chi connectivity index (χ2v) is 9.00. The largest absolute Gasteiger partial charge is 0.354 e. The molecular formula is C19H23FN2O3S2. The number of rotatable bonds is 10. The third-order valence-corrected chi connectivity index (χ3v) is 5.96. The predicted molar refractivity (Wildman–Crippen MR) is 109 cm³/mol. The molecule has 1 amide bonds. The van der Waals surface area contributed by atoms with Crippen molar-refractivity contribution in [3.63, 3.8) is 0 Å². The highest BCUT2D eigenvalue weighted by molar-refractivity contribution is 7.98. The minimum Gasteiger partial charge on any atom is -0.354 e. The Balaban J connectivity index is 1.74. The van der Waals surface area contributed by atoms with E-state index in [2.05, 4.69) is 17.4 Å². The molecule has 0 spiro atoms. The number of anilines is 1. The van der Waals surface area contributed by atoms with Crippen LogP contribution in [0.4, 0.5) is 10.1 Å². The molecule has 5 nitrogen and oxygen atoms in total. The average molecular weight is 411 g/mol. The predicted octanol–water partition coefficient (Wildman–Crippen LogP) is 3.03. The van der Waals surface area contributed by atoms with Crippen molar-refractivity contribution < 1.29 is 17.6 Å². The Morgan fingerprint density at radius 3 is 2.41 bits per heavy atom. The molecule has 2 aromatic rings. The zero-order valence-corrected chi connectivity index (χ0v) is 16.7. The van der Waals surface area contributed by atoms with E-state index in [0.717, 1.165) is 40.6 Å². The van der Waals surface area contributed by atoms with E-state index < -0.39 is 21.7 Å². The van der Waals surface area contributed by atoms with Gasteiger partial charge in [-0.25, -0.2) is 12.8 Å². The van der Waals surface area contributed by atoms with Gasteiger partial charge in [0.15, 0.2) is 0 Å². The average Bonchev–Trinajstić information content (AvgIpc) is 2.63. The van der Waals surface area contributed by atoms with Crippen molar-refractivity contribution >= 4 is 33.4 Å². The monoisotopic (exact) mass is 410 g/mol. The molecule has 2 aromatic carbocycles. The maximum absolute atomic E-state index is 13.0. The Labute approximate surface area is 164 Å². The molecule has 0 saturated carbocycles. The molecule has 0 heterocycles. The van der Waals surface area contributed by atoms with Crippen LogP contribution in [0.5, 0.6) is 0 Å². The van der Waals surface area contributed by atoms with E-state index in [1.807, 2.05) is 18.2 Å². The molecule has 0 aliphatic heterocycles. The summed E-state index contributed by atoms with van der Waals surface area (Å²) in [6, 6.07) is 15.1. The molecule has 1 N–H and O–H groups in total. The van der Waals surface area contributed by atoms with Gasteiger partial charge in [0.05, 0.1) is 11.9 Å². The third kappa shape index (κ3) is 7.60. The molecule has 146 valence electrons. The molecule has 8 heteroatoms. The summed E-state index contributed by atoms with van der Waals surface area (Å²) in [4.78, 5) is 12.1. The summed E-state index contributed by atoms with van der Waals surface area (Å²) in [6.07, 6.45) is 1.81. The quantitative estimate of drug-likeness (QED) is 0.612. The lowest BCUT2D eigenvalue weighted by Gasteiger charge is -2.21. The van der Waals surface area contributed by atoms with Crippen molar-refractivity contribution in [1.82, 2.24) is 5.32 Å². The Hall–Kier alpha value is -2.06. The first-order chi connectivity index (χ1) is 12.9. The molecule has 0 aromatic heterocycles. The number of halogens is 1. The lowest BCUT2D eigenvalue weighted by Crippen LogP contribution is -2.40. The first kappa shape index (κ1) is 21.2. The summed E-state index contributed by atoms with van der Waals surface area (Å²) in [5.41, 5.74) is 1.52. The van der Waals surface area contributed by atoms with E-state index in [4.69, 9.17) is 0 Å². The second kappa shape index (κ2) is 10.3. The first-order valence-corrected chi connectivity index (χ1v) is 11.5. The minimum absolute atomic E-state index is 0.257. The number of nitrogens with one attached hydrogen (secondary N) is 1. The second-order valence-electron chi connectivity index (χ2n) is 5.99. The van der Waals surface area contributed by atoms with E-state index in [-0.39, 0.29) is 12.2 Å². The standard InChI is InChI=1S/C19H23FN2O3S2/c1-27(24,25)22(18-10-8-17(20)9-11-18)14-19(23)21-12-5-13-26-15-16-6-3-2-4-7-16/h2-4,6-11H,5,12-15H2,1H3,(H,21,23). The van der Waals surface area contributed by atoms with Gasteiger partial charge < -0.3 is 5.32 Å². The lowest BCUT2D eigenvalue weighted by molar-refractivity contribution is -0.119. The Kier molecular flexibility index (Phi) is 8.12. The van der Waals surface area contributed by atoms with Crippen LogP contribution in [0.3, 0.4) is 0 Å². The van der Waals surface area contributed by atoms with Gasteiger partial charge in [-0.3, -0.25) is 9.10 Å². The fraction of sp³-hybridized carbons (Fsp3) is 0.316. The maximum atomic E-state index is 13.0. The summed E-state index contributed by atoms with van der Waals surface area (Å²) >= 11 is 1.78. The number of carbonyl (C=O) groups excluding carboxylic acids is 1. The van der Waals surface area contributed by atoms with E-state index in [1.54, 1.807) is 11.8 Å². The molecule has 0 fully saturated rings. The summed E-state index contributed by atoms with van der Waals surface area (Å²) in [5.74, 6) is 0.951. The molecule has 0 bridgehead atoms. The van der Waals surface area contributed by atoms with Crippen molar-refractivity contribution in [2.24, 2.45) is 0 Å². The van der Waals surface area contributed by atoms with Gasteiger partial charge in [0.2, 0.25) is 15.9 Å². The smallest absolute Gasteiger partial charge is 0.240 e. The Morgan fingerprint density at radius 1 is 1.11 bits per heavy atom. The zero-order valence-electron chi connectivity index (χ0n) is 15.1. The third-order valence-electron chi connectivity index (χ3n) is 3.70. The van der Waals surface area contributed by atoms with Gasteiger partial charge in [-0.05, 0) is 42.0 Å². The van der Waals surface area contributed by atoms with Crippen LogP contribution < -0.4 is 9.62 Å². The highest BCUT2D eigenvalue weighted by Gasteiger charge is 2.20. The van der Waals surface area contributed by atoms with Crippen molar-refractivity contribution in [3.05, 3.63) is 66.0 Å². The topological polar surface area (TPSA) is 66.5 Å². The van der Waals surface area contributed by atoms with Crippen LogP contribution in [0.15, 0.2) is 54.6 Å². The molecule has 0 aliphatic rings. The lowest BCUT2D eigenvalue weighted by atomic mass is 10.2. The van der Waals surface area contributed by atoms with Gasteiger partial charge in [-0.2, -0.15) is 11.8 Å². The Bertz CT molecular complexity index is 828. The van der Waals surface area contributed by atoms with Crippen molar-refractivity contribution in [2.45, 2.75) is 12.2 Å². The Morgan fingerprint density at radius 2 is 1.78 bits per heavy atom. The van der Waals surface area contributed by atoms with Gasteiger partial charge in [0.1, 0.15) is 12.4 Å². The number of benzene rings is 2. The highest BCUT2D eigenvalue weighted by Crippen LogP contribution is 2.17. The van der Waals surface area contributed by atoms with Crippen LogP contribution in [0.1, 0.15) is 12.0 Å². The number of hydrogen-bond acceptors (Lipinski definition) is 4. The number of sulfonamides is 1. The number of hydrogen-bond donors (Lipinski definition) is 1. The summed E-state index contributed by atoms with van der Waals surface area (Å²) < 4.78 is 37.9. The summed E-state index contributed by atoms with van der Waals surface area (Å²) in [6.45, 7) is 0.142. The van der Waals surface area contributed by atoms with Crippen molar-refractivity contribution in [2.75, 3.05) is 29.4 Å². The van der Waals surface area contributed by atoms with E-state index in [0.29, 0.717) is 6.54 Å². The van der Waals surface area contributed by atoms with Crippen LogP contribution in [0.25, 0.3) is 0 Å². The van der Waals surface area contributed by atoms with Gasteiger partial charge in [-0.1, -0.05) is 30.3 Å². The maximum Gasteiger partial charge on any atom is 0.240 e. The first-order valence-electron chi connectivity index (χ1n) is 8.48. The molecule has 0 aliphatic carbocycles. The van der Waals surface area contributed by atoms with Gasteiger partial charge >= 0.3 is 0 Å². The summed E-state index contributed by atoms with van der Waals surface area (Å²) in [7, 11) is -3.65. The number of amides is 1. The number of thioether (sulfide) groups is 1. The molecular weight excluding hydrogens is 387 g/mol. The molecule has 2 rings (SSSR count). The van der Waals surface area contributed by atoms with Crippen LogP contribution >= 0.6 is 11.8 Å². The SMILES string of the molecule is CS(=O)(=O)N(CC(=O)NCCCSCc1ccccc1)c1ccc(F)cc1. The fourth-order valence-electron chi connectivity index (χ4n) is 2.36. The van der Waals surface area contributed by atoms with E-state index in [1.165, 1.54) is 17.7 Å². The molecule has 0 saturated heterocycles. The van der Waals surface area contributed by atoms with Gasteiger partial charge in [0.25, 0.3) is 0 Å². The zero-order chi connectivity index (χ0) is 19.7. The molecule has 27 heavy (non-hydrogen) atoms. The number of nitrogens with zero attached hydrogens (tertiary/aromatic N) is 1. The van der Waals surface area contributed by atoms with Crippen LogP contribution in [-0.2, 0) is 20.6 Å². The normalized spacial score (nSPS) is 11.2. The fourth-order valence-corrected chi connectivity index (χ4v) is 4.14. The van der Waals surface area contributed by atoms with E-state index in [9.17, 15) is 17.6 Å². The minimum atomic E-state index is -3.65. The highest BCUT2D eigenvalue weighted by atomic mass is 32.2.